The quantitative estimate of drug-likeness (QED) is 0.178. The number of halogens is 3. The third-order valence-electron chi connectivity index (χ3n) is 13.2. The van der Waals surface area contributed by atoms with Crippen LogP contribution in [0, 0.1) is 11.6 Å². The highest BCUT2D eigenvalue weighted by Gasteiger charge is 2.31. The van der Waals surface area contributed by atoms with Gasteiger partial charge < -0.3 is 15.5 Å². The van der Waals surface area contributed by atoms with E-state index in [0.717, 1.165) is 98.1 Å². The van der Waals surface area contributed by atoms with Gasteiger partial charge in [-0.3, -0.25) is 27.9 Å². The molecule has 3 N–H and O–H groups in total. The monoisotopic (exact) mass is 920 g/mol. The van der Waals surface area contributed by atoms with Crippen LogP contribution in [0.1, 0.15) is 107 Å². The predicted molar refractivity (Wildman–Crippen MR) is 245 cm³/mol. The van der Waals surface area contributed by atoms with Crippen LogP contribution in [0.15, 0.2) is 68.2 Å². The molecule has 0 amide bonds. The van der Waals surface area contributed by atoms with Crippen LogP contribution < -0.4 is 33.5 Å². The van der Waals surface area contributed by atoms with Crippen molar-refractivity contribution in [3.8, 4) is 0 Å². The molecule has 0 spiro atoms. The molecule has 10 rings (SSSR count). The molecule has 334 valence electrons. The maximum Gasteiger partial charge on any atom is 0.333 e. The molecule has 0 atom stereocenters. The molecule has 4 fully saturated rings. The van der Waals surface area contributed by atoms with E-state index in [1.807, 2.05) is 52.5 Å². The molecular weight excluding hydrogens is 870 g/mol. The van der Waals surface area contributed by atoms with Crippen LogP contribution in [0.4, 0.5) is 8.78 Å². The zero-order valence-electron chi connectivity index (χ0n) is 34.8. The Bertz CT molecular complexity index is 2870. The highest BCUT2D eigenvalue weighted by molar-refractivity contribution is 7.99. The molecule has 0 unspecified atom stereocenters. The Morgan fingerprint density at radius 3 is 1.63 bits per heavy atom. The Balaban J connectivity index is 0.000000170. The summed E-state index contributed by atoms with van der Waals surface area (Å²) in [6, 6.07) is 6.12. The fraction of sp³-hybridized carbons (Fsp3) is 0.523. The van der Waals surface area contributed by atoms with Gasteiger partial charge in [-0.1, -0.05) is 11.6 Å². The minimum absolute atomic E-state index is 0.00177. The molecule has 0 radical (unpaired) electrons. The van der Waals surface area contributed by atoms with E-state index in [9.17, 15) is 28.0 Å². The first-order chi connectivity index (χ1) is 30.5. The summed E-state index contributed by atoms with van der Waals surface area (Å²) in [7, 11) is 0. The summed E-state index contributed by atoms with van der Waals surface area (Å²) in [5.74, 6) is 2.72. The number of hydrogen-bond acceptors (Lipinski definition) is 11. The van der Waals surface area contributed by atoms with Gasteiger partial charge in [-0.2, -0.15) is 23.5 Å². The summed E-state index contributed by atoms with van der Waals surface area (Å²) >= 11 is 9.80. The lowest BCUT2D eigenvalue weighted by Gasteiger charge is -2.31. The molecule has 0 bridgehead atoms. The molecule has 2 aliphatic carbocycles. The van der Waals surface area contributed by atoms with Gasteiger partial charge in [-0.15, -0.1) is 0 Å². The molecule has 2 aliphatic heterocycles. The van der Waals surface area contributed by atoms with Crippen LogP contribution in [0.2, 0.25) is 5.02 Å². The molecule has 63 heavy (non-hydrogen) atoms. The highest BCUT2D eigenvalue weighted by Crippen LogP contribution is 2.32. The van der Waals surface area contributed by atoms with Gasteiger partial charge in [0.05, 0.1) is 33.9 Å². The van der Waals surface area contributed by atoms with Crippen molar-refractivity contribution in [2.45, 2.75) is 120 Å². The highest BCUT2D eigenvalue weighted by atomic mass is 35.5. The number of fused-ring (bicyclic) bond motifs is 3. The number of nitrogens with one attached hydrogen (secondary N) is 1. The van der Waals surface area contributed by atoms with Crippen LogP contribution in [0.3, 0.4) is 0 Å². The number of imidazole rings is 1. The Labute approximate surface area is 374 Å². The van der Waals surface area contributed by atoms with Crippen molar-refractivity contribution in [1.29, 1.82) is 0 Å². The van der Waals surface area contributed by atoms with Crippen molar-refractivity contribution in [3.63, 3.8) is 0 Å². The molecule has 6 aromatic heterocycles. The zero-order chi connectivity index (χ0) is 43.8. The standard InChI is InChI=1S/C26H28ClFN6O2S.C18H23FN4O2S/c27-16-1-6-23-31-19(15-32(23)14-16)13-29-18-2-4-20(5-3-18)34-25(35)22-11-17(28)12-30-24(22)33(26(34)36)21-7-9-37-10-8-21;19-11-9-15-16(21-10-11)22(14-5-7-26-8-6-14)18(25)23(17(15)24)13-3-1-12(20)2-4-13/h1,6,11-12,14-15,18,20-21,29H,2-5,7-10,13H2;9-10,12-14H,1-8,20H2/t18-,20+;12-,13+. The number of aromatic nitrogens is 8. The van der Waals surface area contributed by atoms with E-state index in [1.54, 1.807) is 9.13 Å². The van der Waals surface area contributed by atoms with Gasteiger partial charge in [0, 0.05) is 55.2 Å². The van der Waals surface area contributed by atoms with E-state index < -0.39 is 22.8 Å². The summed E-state index contributed by atoms with van der Waals surface area (Å²) in [6.45, 7) is 0.627. The van der Waals surface area contributed by atoms with Crippen molar-refractivity contribution in [1.82, 2.24) is 42.9 Å². The molecule has 14 nitrogen and oxygen atoms in total. The summed E-state index contributed by atoms with van der Waals surface area (Å²) in [5, 5.41) is 4.61. The average molecular weight is 922 g/mol. The topological polar surface area (TPSA) is 169 Å². The molecule has 2 saturated heterocycles. The smallest absolute Gasteiger partial charge is 0.328 e. The SMILES string of the molecule is N[C@H]1CC[C@@H](n2c(=O)c3cc(F)cnc3n(C3CCSCC3)c2=O)CC1.O=c1c2cc(F)cnc2n(C2CCSCC2)c(=O)n1[C@H]1CC[C@@H](NCc2cn3cc(Cl)ccc3n2)CC1. The van der Waals surface area contributed by atoms with Crippen molar-refractivity contribution >= 4 is 62.8 Å². The lowest BCUT2D eigenvalue weighted by molar-refractivity contribution is 0.274. The van der Waals surface area contributed by atoms with E-state index in [0.29, 0.717) is 48.5 Å². The number of hydrogen-bond donors (Lipinski definition) is 2. The van der Waals surface area contributed by atoms with E-state index in [-0.39, 0.29) is 58.4 Å². The second-order valence-electron chi connectivity index (χ2n) is 17.2. The third-order valence-corrected chi connectivity index (χ3v) is 15.5. The number of pyridine rings is 3. The molecule has 4 aliphatic rings. The van der Waals surface area contributed by atoms with Gasteiger partial charge in [0.1, 0.15) is 28.6 Å². The van der Waals surface area contributed by atoms with Crippen molar-refractivity contribution in [3.05, 3.63) is 113 Å². The number of rotatable bonds is 7. The minimum atomic E-state index is -0.567. The first-order valence-electron chi connectivity index (χ1n) is 22.0. The molecule has 0 aromatic carbocycles. The Kier molecular flexibility index (Phi) is 13.2. The van der Waals surface area contributed by atoms with Gasteiger partial charge >= 0.3 is 11.4 Å². The zero-order valence-corrected chi connectivity index (χ0v) is 37.2. The van der Waals surface area contributed by atoms with E-state index >= 15 is 0 Å². The van der Waals surface area contributed by atoms with E-state index in [1.165, 1.54) is 21.3 Å². The van der Waals surface area contributed by atoms with Crippen LogP contribution in [0.5, 0.6) is 0 Å². The molecule has 2 saturated carbocycles. The molecular formula is C44H51ClF2N10O4S2. The lowest BCUT2D eigenvalue weighted by Crippen LogP contribution is -2.46. The van der Waals surface area contributed by atoms with Crippen molar-refractivity contribution in [2.24, 2.45) is 5.73 Å². The van der Waals surface area contributed by atoms with Crippen molar-refractivity contribution < 1.29 is 8.78 Å². The second kappa shape index (κ2) is 19.0. The summed E-state index contributed by atoms with van der Waals surface area (Å²) < 4.78 is 35.8. The van der Waals surface area contributed by atoms with Crippen molar-refractivity contribution in [2.75, 3.05) is 23.0 Å². The van der Waals surface area contributed by atoms with Gasteiger partial charge in [0.25, 0.3) is 11.1 Å². The van der Waals surface area contributed by atoms with Gasteiger partial charge in [-0.25, -0.2) is 33.3 Å². The van der Waals surface area contributed by atoms with Crippen LogP contribution in [-0.4, -0.2) is 72.7 Å². The normalized spacial score (nSPS) is 22.7. The molecule has 19 heteroatoms. The molecule has 8 heterocycles. The number of thioether (sulfide) groups is 2. The van der Waals surface area contributed by atoms with Gasteiger partial charge in [0.2, 0.25) is 0 Å². The summed E-state index contributed by atoms with van der Waals surface area (Å²) in [4.78, 5) is 66.5. The van der Waals surface area contributed by atoms with Crippen LogP contribution in [-0.2, 0) is 6.54 Å². The van der Waals surface area contributed by atoms with E-state index in [2.05, 4.69) is 20.3 Å². The Morgan fingerprint density at radius 1 is 0.651 bits per heavy atom. The number of nitrogens with two attached hydrogens (primary N) is 1. The Morgan fingerprint density at radius 2 is 1.13 bits per heavy atom. The maximum absolute atomic E-state index is 14.1. The first kappa shape index (κ1) is 43.9. The predicted octanol–water partition coefficient (Wildman–Crippen LogP) is 6.55. The largest absolute Gasteiger partial charge is 0.333 e. The van der Waals surface area contributed by atoms with Gasteiger partial charge in [-0.05, 0) is 124 Å². The third kappa shape index (κ3) is 9.15. The van der Waals surface area contributed by atoms with Crippen LogP contribution in [0.25, 0.3) is 27.7 Å². The van der Waals surface area contributed by atoms with Crippen LogP contribution >= 0.6 is 35.1 Å². The second-order valence-corrected chi connectivity index (χ2v) is 20.1. The summed E-state index contributed by atoms with van der Waals surface area (Å²) in [6.07, 6.45) is 15.4. The van der Waals surface area contributed by atoms with Gasteiger partial charge in [0.15, 0.2) is 0 Å². The minimum Gasteiger partial charge on any atom is -0.328 e. The molecule has 6 aromatic rings. The first-order valence-corrected chi connectivity index (χ1v) is 24.6. The van der Waals surface area contributed by atoms with E-state index in [4.69, 9.17) is 17.3 Å². The fourth-order valence-electron chi connectivity index (χ4n) is 9.85. The maximum atomic E-state index is 14.1. The number of nitrogens with zero attached hydrogens (tertiary/aromatic N) is 8. The lowest BCUT2D eigenvalue weighted by atomic mass is 9.91. The Hall–Kier alpha value is -4.36. The average Bonchev–Trinajstić information content (AvgIpc) is 3.70. The fourth-order valence-corrected chi connectivity index (χ4v) is 12.2. The summed E-state index contributed by atoms with van der Waals surface area (Å²) in [5.41, 5.74) is 6.87.